The third-order valence-electron chi connectivity index (χ3n) is 3.87. The van der Waals surface area contributed by atoms with Gasteiger partial charge in [-0.25, -0.2) is 18.8 Å². The maximum atomic E-state index is 13.9. The van der Waals surface area contributed by atoms with Crippen LogP contribution in [0.3, 0.4) is 0 Å². The van der Waals surface area contributed by atoms with Crippen LogP contribution in [0.15, 0.2) is 11.6 Å². The van der Waals surface area contributed by atoms with Crippen LogP contribution in [0.1, 0.15) is 27.2 Å². The summed E-state index contributed by atoms with van der Waals surface area (Å²) >= 11 is 0. The van der Waals surface area contributed by atoms with Crippen LogP contribution >= 0.6 is 0 Å². The molecule has 2 aliphatic rings. The highest BCUT2D eigenvalue weighted by molar-refractivity contribution is 5.90. The van der Waals surface area contributed by atoms with Gasteiger partial charge in [0.25, 0.3) is 0 Å². The van der Waals surface area contributed by atoms with Crippen molar-refractivity contribution in [2.75, 3.05) is 6.54 Å². The highest BCUT2D eigenvalue weighted by Gasteiger charge is 2.48. The molecule has 2 rings (SSSR count). The fourth-order valence-corrected chi connectivity index (χ4v) is 2.58. The normalized spacial score (nSPS) is 25.9. The van der Waals surface area contributed by atoms with E-state index in [1.54, 1.807) is 26.8 Å². The SMILES string of the molecule is CCC(C)OC(=O)C(F)ON1C(=O)N2C[C@H]1C=C(C)[C@H]2C(N)=O. The van der Waals surface area contributed by atoms with Gasteiger partial charge in [0.2, 0.25) is 5.91 Å². The van der Waals surface area contributed by atoms with E-state index in [4.69, 9.17) is 15.3 Å². The number of urea groups is 1. The molecule has 128 valence electrons. The van der Waals surface area contributed by atoms with E-state index in [0.29, 0.717) is 12.0 Å². The summed E-state index contributed by atoms with van der Waals surface area (Å²) in [5, 5.41) is 0.745. The first-order valence-electron chi connectivity index (χ1n) is 7.35. The number of carbonyl (C=O) groups excluding carboxylic acids is 3. The summed E-state index contributed by atoms with van der Waals surface area (Å²) in [5.41, 5.74) is 5.86. The molecular formula is C14H20FN3O5. The number of nitrogens with zero attached hydrogens (tertiary/aromatic N) is 2. The molecule has 1 saturated heterocycles. The Labute approximate surface area is 132 Å². The number of halogens is 1. The Hall–Kier alpha value is -2.16. The number of ether oxygens (including phenoxy) is 1. The predicted octanol–water partition coefficient (Wildman–Crippen LogP) is 0.475. The maximum Gasteiger partial charge on any atom is 0.371 e. The molecule has 2 unspecified atom stereocenters. The van der Waals surface area contributed by atoms with Gasteiger partial charge in [-0.2, -0.15) is 5.06 Å². The number of rotatable bonds is 6. The van der Waals surface area contributed by atoms with Crippen LogP contribution in [-0.2, 0) is 19.2 Å². The van der Waals surface area contributed by atoms with Crippen LogP contribution in [0.5, 0.6) is 0 Å². The highest BCUT2D eigenvalue weighted by atomic mass is 19.1. The number of hydrogen-bond acceptors (Lipinski definition) is 5. The average Bonchev–Trinajstić information content (AvgIpc) is 2.71. The predicted molar refractivity (Wildman–Crippen MR) is 76.3 cm³/mol. The quantitative estimate of drug-likeness (QED) is 0.564. The molecule has 2 N–H and O–H groups in total. The van der Waals surface area contributed by atoms with E-state index in [2.05, 4.69) is 0 Å². The van der Waals surface area contributed by atoms with Gasteiger partial charge in [0.15, 0.2) is 0 Å². The van der Waals surface area contributed by atoms with Crippen molar-refractivity contribution < 1.29 is 28.3 Å². The molecule has 0 radical (unpaired) electrons. The lowest BCUT2D eigenvalue weighted by Crippen LogP contribution is -2.48. The molecule has 0 aliphatic carbocycles. The first-order chi connectivity index (χ1) is 10.8. The Morgan fingerprint density at radius 2 is 2.17 bits per heavy atom. The zero-order valence-corrected chi connectivity index (χ0v) is 13.2. The van der Waals surface area contributed by atoms with Gasteiger partial charge in [0, 0.05) is 0 Å². The summed E-state index contributed by atoms with van der Waals surface area (Å²) in [7, 11) is 0. The van der Waals surface area contributed by atoms with Gasteiger partial charge in [-0.15, -0.1) is 0 Å². The fourth-order valence-electron chi connectivity index (χ4n) is 2.58. The molecule has 0 spiro atoms. The molecule has 9 heteroatoms. The fraction of sp³-hybridized carbons (Fsp3) is 0.643. The third-order valence-corrected chi connectivity index (χ3v) is 3.87. The highest BCUT2D eigenvalue weighted by Crippen LogP contribution is 2.30. The van der Waals surface area contributed by atoms with Crippen LogP contribution in [-0.4, -0.2) is 59.0 Å². The summed E-state index contributed by atoms with van der Waals surface area (Å²) in [6.45, 7) is 5.18. The summed E-state index contributed by atoms with van der Waals surface area (Å²) in [6.07, 6.45) is -0.749. The molecule has 2 bridgehead atoms. The molecule has 0 aromatic rings. The molecule has 1 fully saturated rings. The van der Waals surface area contributed by atoms with Gasteiger partial charge < -0.3 is 15.4 Å². The first kappa shape index (κ1) is 17.2. The Bertz CT molecular complexity index is 553. The number of primary amides is 1. The van der Waals surface area contributed by atoms with Crippen LogP contribution in [0, 0.1) is 0 Å². The van der Waals surface area contributed by atoms with Gasteiger partial charge in [-0.1, -0.05) is 13.0 Å². The molecular weight excluding hydrogens is 309 g/mol. The second-order valence-electron chi connectivity index (χ2n) is 5.62. The summed E-state index contributed by atoms with van der Waals surface area (Å²) in [6, 6.07) is -2.20. The van der Waals surface area contributed by atoms with Gasteiger partial charge in [0.05, 0.1) is 18.7 Å². The van der Waals surface area contributed by atoms with Gasteiger partial charge in [0.1, 0.15) is 6.04 Å². The topological polar surface area (TPSA) is 102 Å². The number of carbonyl (C=O) groups is 3. The zero-order chi connectivity index (χ0) is 17.3. The number of fused-ring (bicyclic) bond motifs is 2. The average molecular weight is 329 g/mol. The van der Waals surface area contributed by atoms with E-state index < -0.39 is 42.5 Å². The summed E-state index contributed by atoms with van der Waals surface area (Å²) in [4.78, 5) is 41.3. The van der Waals surface area contributed by atoms with Crippen molar-refractivity contribution in [3.8, 4) is 0 Å². The van der Waals surface area contributed by atoms with E-state index in [-0.39, 0.29) is 6.54 Å². The van der Waals surface area contributed by atoms with Crippen molar-refractivity contribution in [2.24, 2.45) is 5.73 Å². The van der Waals surface area contributed by atoms with Crippen LogP contribution in [0.4, 0.5) is 9.18 Å². The standard InChI is InChI=1S/C14H20FN3O5/c1-4-8(3)22-13(20)11(15)23-18-9-5-7(2)10(12(16)19)17(6-9)14(18)21/h5,8-11H,4,6H2,1-3H3,(H2,16,19)/t8?,9-,10+,11?/m1/s1. The smallest absolute Gasteiger partial charge is 0.371 e. The Balaban J connectivity index is 2.07. The maximum absolute atomic E-state index is 13.9. The lowest BCUT2D eigenvalue weighted by Gasteiger charge is -2.27. The van der Waals surface area contributed by atoms with Crippen LogP contribution in [0.25, 0.3) is 0 Å². The van der Waals surface area contributed by atoms with Crippen LogP contribution < -0.4 is 5.73 Å². The van der Waals surface area contributed by atoms with Gasteiger partial charge >= 0.3 is 18.4 Å². The lowest BCUT2D eigenvalue weighted by molar-refractivity contribution is -0.225. The van der Waals surface area contributed by atoms with E-state index in [1.807, 2.05) is 0 Å². The second-order valence-corrected chi connectivity index (χ2v) is 5.62. The molecule has 3 amide bonds. The second kappa shape index (κ2) is 6.53. The number of amides is 3. The molecule has 23 heavy (non-hydrogen) atoms. The molecule has 0 aromatic carbocycles. The van der Waals surface area contributed by atoms with Crippen molar-refractivity contribution in [1.29, 1.82) is 0 Å². The largest absolute Gasteiger partial charge is 0.459 e. The van der Waals surface area contributed by atoms with E-state index in [0.717, 1.165) is 5.06 Å². The number of nitrogens with two attached hydrogens (primary N) is 1. The third kappa shape index (κ3) is 3.29. The molecule has 4 atom stereocenters. The van der Waals surface area contributed by atoms with Crippen molar-refractivity contribution >= 4 is 17.9 Å². The van der Waals surface area contributed by atoms with Crippen molar-refractivity contribution in [1.82, 2.24) is 9.96 Å². The minimum absolute atomic E-state index is 0.136. The monoisotopic (exact) mass is 329 g/mol. The molecule has 0 saturated carbocycles. The van der Waals surface area contributed by atoms with Gasteiger partial charge in [-0.05, 0) is 25.8 Å². The Morgan fingerprint density at radius 3 is 2.74 bits per heavy atom. The first-order valence-corrected chi connectivity index (χ1v) is 7.35. The lowest BCUT2D eigenvalue weighted by atomic mass is 10.0. The summed E-state index contributed by atoms with van der Waals surface area (Å²) < 4.78 is 18.7. The number of esters is 1. The number of hydroxylamine groups is 2. The number of hydrogen-bond donors (Lipinski definition) is 1. The number of alkyl halides is 1. The van der Waals surface area contributed by atoms with Gasteiger partial charge in [-0.3, -0.25) is 4.79 Å². The zero-order valence-electron chi connectivity index (χ0n) is 13.2. The minimum atomic E-state index is -2.42. The van der Waals surface area contributed by atoms with Crippen molar-refractivity contribution in [3.63, 3.8) is 0 Å². The van der Waals surface area contributed by atoms with Crippen LogP contribution in [0.2, 0.25) is 0 Å². The Kier molecular flexibility index (Phi) is 4.88. The van der Waals surface area contributed by atoms with E-state index in [1.165, 1.54) is 4.90 Å². The summed E-state index contributed by atoms with van der Waals surface area (Å²) in [5.74, 6) is -1.88. The van der Waals surface area contributed by atoms with Crippen molar-refractivity contribution in [3.05, 3.63) is 11.6 Å². The molecule has 2 aliphatic heterocycles. The van der Waals surface area contributed by atoms with E-state index >= 15 is 0 Å². The van der Waals surface area contributed by atoms with Crippen molar-refractivity contribution in [2.45, 2.75) is 51.7 Å². The minimum Gasteiger partial charge on any atom is -0.459 e. The molecule has 8 nitrogen and oxygen atoms in total. The molecule has 2 heterocycles. The molecule has 0 aromatic heterocycles. The Morgan fingerprint density at radius 1 is 1.52 bits per heavy atom. The van der Waals surface area contributed by atoms with E-state index in [9.17, 15) is 18.8 Å².